The maximum absolute atomic E-state index is 5.91. The van der Waals surface area contributed by atoms with Crippen LogP contribution >= 0.6 is 15.9 Å². The first-order chi connectivity index (χ1) is 10.9. The van der Waals surface area contributed by atoms with Gasteiger partial charge in [-0.15, -0.1) is 0 Å². The zero-order chi connectivity index (χ0) is 15.5. The summed E-state index contributed by atoms with van der Waals surface area (Å²) in [7, 11) is -0.364. The summed E-state index contributed by atoms with van der Waals surface area (Å²) in [5.74, 6) is 0.659. The molecular formula is C19H25BrOSi. The van der Waals surface area contributed by atoms with Gasteiger partial charge in [-0.2, -0.15) is 0 Å². The summed E-state index contributed by atoms with van der Waals surface area (Å²) < 4.78 is 5.91. The molecule has 0 heterocycles. The highest BCUT2D eigenvalue weighted by molar-refractivity contribution is 9.09. The van der Waals surface area contributed by atoms with Crippen LogP contribution in [0.25, 0.3) is 0 Å². The molecule has 0 unspecified atom stereocenters. The van der Waals surface area contributed by atoms with E-state index in [0.717, 1.165) is 24.4 Å². The monoisotopic (exact) mass is 376 g/mol. The van der Waals surface area contributed by atoms with Gasteiger partial charge in [-0.05, 0) is 42.7 Å². The second kappa shape index (κ2) is 10.8. The fourth-order valence-electron chi connectivity index (χ4n) is 2.65. The normalized spacial score (nSPS) is 11.5. The molecule has 0 amide bonds. The lowest BCUT2D eigenvalue weighted by Gasteiger charge is -2.17. The summed E-state index contributed by atoms with van der Waals surface area (Å²) in [6, 6.07) is 21.6. The maximum Gasteiger partial charge on any atom is 0.171 e. The van der Waals surface area contributed by atoms with Gasteiger partial charge in [0.1, 0.15) is 0 Å². The van der Waals surface area contributed by atoms with Crippen molar-refractivity contribution in [3.63, 3.8) is 0 Å². The highest BCUT2D eigenvalue weighted by Crippen LogP contribution is 2.17. The minimum atomic E-state index is -0.364. The first kappa shape index (κ1) is 17.5. The van der Waals surface area contributed by atoms with Gasteiger partial charge in [-0.3, -0.25) is 0 Å². The van der Waals surface area contributed by atoms with E-state index in [1.54, 1.807) is 0 Å². The Hall–Kier alpha value is -0.903. The third-order valence-corrected chi connectivity index (χ3v) is 5.59. The van der Waals surface area contributed by atoms with E-state index < -0.39 is 0 Å². The largest absolute Gasteiger partial charge is 0.423 e. The second-order valence-electron chi connectivity index (χ2n) is 5.68. The molecule has 0 bridgehead atoms. The predicted octanol–water partition coefficient (Wildman–Crippen LogP) is 4.32. The number of benzene rings is 2. The highest BCUT2D eigenvalue weighted by Gasteiger charge is 2.10. The van der Waals surface area contributed by atoms with Crippen molar-refractivity contribution in [2.75, 3.05) is 11.6 Å². The molecule has 0 spiro atoms. The van der Waals surface area contributed by atoms with Crippen molar-refractivity contribution >= 4 is 25.7 Å². The van der Waals surface area contributed by atoms with Crippen LogP contribution in [-0.4, -0.2) is 21.3 Å². The third-order valence-electron chi connectivity index (χ3n) is 3.94. The Kier molecular flexibility index (Phi) is 8.54. The number of hydrogen-bond donors (Lipinski definition) is 0. The van der Waals surface area contributed by atoms with Crippen LogP contribution in [0.2, 0.25) is 0 Å². The standard InChI is InChI=1S/C19H25BrOSi/c20-16-22-21-15-19(13-11-17-7-3-1-4-8-17)14-12-18-9-5-2-6-10-18/h1-10,19H,11-16,22H2. The molecule has 3 heteroatoms. The van der Waals surface area contributed by atoms with Gasteiger partial charge >= 0.3 is 0 Å². The van der Waals surface area contributed by atoms with E-state index in [-0.39, 0.29) is 9.76 Å². The fraction of sp³-hybridized carbons (Fsp3) is 0.368. The summed E-state index contributed by atoms with van der Waals surface area (Å²) in [5.41, 5.74) is 2.87. The van der Waals surface area contributed by atoms with Crippen LogP contribution in [0, 0.1) is 5.92 Å². The first-order valence-corrected chi connectivity index (χ1v) is 10.8. The van der Waals surface area contributed by atoms with Crippen molar-refractivity contribution in [2.24, 2.45) is 5.92 Å². The average Bonchev–Trinajstić information content (AvgIpc) is 2.59. The van der Waals surface area contributed by atoms with E-state index in [2.05, 4.69) is 76.6 Å². The molecule has 2 aromatic rings. The van der Waals surface area contributed by atoms with Crippen molar-refractivity contribution < 1.29 is 4.43 Å². The first-order valence-electron chi connectivity index (χ1n) is 8.10. The van der Waals surface area contributed by atoms with Crippen molar-refractivity contribution in [1.82, 2.24) is 0 Å². The molecular weight excluding hydrogens is 352 g/mol. The Balaban J connectivity index is 1.82. The number of aryl methyl sites for hydroxylation is 2. The number of alkyl halides is 1. The van der Waals surface area contributed by atoms with E-state index in [1.165, 1.54) is 24.0 Å². The van der Waals surface area contributed by atoms with Crippen molar-refractivity contribution in [1.29, 1.82) is 0 Å². The molecule has 118 valence electrons. The molecule has 1 nitrogen and oxygen atoms in total. The number of rotatable bonds is 10. The highest BCUT2D eigenvalue weighted by atomic mass is 79.9. The molecule has 0 saturated heterocycles. The Labute approximate surface area is 145 Å². The lowest BCUT2D eigenvalue weighted by atomic mass is 9.94. The molecule has 0 radical (unpaired) electrons. The molecule has 0 aliphatic carbocycles. The van der Waals surface area contributed by atoms with Gasteiger partial charge in [-0.25, -0.2) is 0 Å². The minimum absolute atomic E-state index is 0.364. The fourth-order valence-corrected chi connectivity index (χ4v) is 3.94. The van der Waals surface area contributed by atoms with Crippen molar-refractivity contribution in [3.8, 4) is 0 Å². The van der Waals surface area contributed by atoms with Crippen molar-refractivity contribution in [2.45, 2.75) is 25.7 Å². The van der Waals surface area contributed by atoms with E-state index >= 15 is 0 Å². The third kappa shape index (κ3) is 6.90. The summed E-state index contributed by atoms with van der Waals surface area (Å²) in [6.07, 6.45) is 4.74. The van der Waals surface area contributed by atoms with Gasteiger partial charge in [0.2, 0.25) is 0 Å². The van der Waals surface area contributed by atoms with Crippen LogP contribution in [0.3, 0.4) is 0 Å². The molecule has 2 rings (SSSR count). The van der Waals surface area contributed by atoms with Crippen LogP contribution in [-0.2, 0) is 17.3 Å². The number of hydrogen-bond acceptors (Lipinski definition) is 1. The predicted molar refractivity (Wildman–Crippen MR) is 101 cm³/mol. The average molecular weight is 377 g/mol. The lowest BCUT2D eigenvalue weighted by molar-refractivity contribution is 0.243. The van der Waals surface area contributed by atoms with E-state index in [4.69, 9.17) is 4.43 Å². The minimum Gasteiger partial charge on any atom is -0.423 e. The van der Waals surface area contributed by atoms with E-state index in [1.807, 2.05) is 0 Å². The summed E-state index contributed by atoms with van der Waals surface area (Å²) in [5, 5.41) is 0. The molecule has 0 aromatic heterocycles. The van der Waals surface area contributed by atoms with E-state index in [9.17, 15) is 0 Å². The SMILES string of the molecule is BrC[SiH2]OCC(CCc1ccccc1)CCc1ccccc1. The lowest BCUT2D eigenvalue weighted by Crippen LogP contribution is -2.14. The summed E-state index contributed by atoms with van der Waals surface area (Å²) in [6.45, 7) is 0.928. The Morgan fingerprint density at radius 1 is 0.818 bits per heavy atom. The van der Waals surface area contributed by atoms with Crippen molar-refractivity contribution in [3.05, 3.63) is 71.8 Å². The second-order valence-corrected chi connectivity index (χ2v) is 9.25. The smallest absolute Gasteiger partial charge is 0.171 e. The van der Waals surface area contributed by atoms with Crippen LogP contribution in [0.4, 0.5) is 0 Å². The molecule has 22 heavy (non-hydrogen) atoms. The number of halogens is 1. The zero-order valence-corrected chi connectivity index (χ0v) is 16.1. The molecule has 0 N–H and O–H groups in total. The Bertz CT molecular complexity index is 460. The van der Waals surface area contributed by atoms with Gasteiger partial charge in [0.25, 0.3) is 0 Å². The zero-order valence-electron chi connectivity index (χ0n) is 13.1. The van der Waals surface area contributed by atoms with Gasteiger partial charge in [-0.1, -0.05) is 76.6 Å². The molecule has 0 saturated carbocycles. The van der Waals surface area contributed by atoms with Crippen LogP contribution in [0.5, 0.6) is 0 Å². The van der Waals surface area contributed by atoms with Gasteiger partial charge < -0.3 is 4.43 Å². The summed E-state index contributed by atoms with van der Waals surface area (Å²) in [4.78, 5) is 1.05. The Morgan fingerprint density at radius 2 is 1.32 bits per heavy atom. The molecule has 0 fully saturated rings. The quantitative estimate of drug-likeness (QED) is 0.340. The van der Waals surface area contributed by atoms with Crippen LogP contribution < -0.4 is 0 Å². The van der Waals surface area contributed by atoms with Crippen LogP contribution in [0.15, 0.2) is 60.7 Å². The van der Waals surface area contributed by atoms with Crippen LogP contribution in [0.1, 0.15) is 24.0 Å². The summed E-state index contributed by atoms with van der Waals surface area (Å²) >= 11 is 3.49. The molecule has 0 atom stereocenters. The maximum atomic E-state index is 5.91. The topological polar surface area (TPSA) is 9.23 Å². The Morgan fingerprint density at radius 3 is 1.77 bits per heavy atom. The van der Waals surface area contributed by atoms with Gasteiger partial charge in [0.05, 0.1) is 0 Å². The van der Waals surface area contributed by atoms with Gasteiger partial charge in [0, 0.05) is 11.6 Å². The molecule has 0 aliphatic heterocycles. The van der Waals surface area contributed by atoms with E-state index in [0.29, 0.717) is 5.92 Å². The molecule has 2 aromatic carbocycles. The molecule has 0 aliphatic rings. The van der Waals surface area contributed by atoms with Gasteiger partial charge in [0.15, 0.2) is 9.76 Å².